The molecule has 0 bridgehead atoms. The molecule has 4 rings (SSSR count). The van der Waals surface area contributed by atoms with Crippen LogP contribution in [0.25, 0.3) is 11.8 Å². The summed E-state index contributed by atoms with van der Waals surface area (Å²) in [5, 5.41) is 1.98. The molecule has 2 heterocycles. The second kappa shape index (κ2) is 9.30. The summed E-state index contributed by atoms with van der Waals surface area (Å²) >= 11 is 0.801. The Morgan fingerprint density at radius 3 is 2.50 bits per heavy atom. The van der Waals surface area contributed by atoms with Crippen molar-refractivity contribution < 1.29 is 18.8 Å². The Balaban J connectivity index is 1.54. The third-order valence-electron chi connectivity index (χ3n) is 5.79. The maximum atomic E-state index is 13.3. The monoisotopic (exact) mass is 477 g/mol. The van der Waals surface area contributed by atoms with E-state index < -0.39 is 29.4 Å². The van der Waals surface area contributed by atoms with Crippen molar-refractivity contribution in [1.29, 1.82) is 0 Å². The smallest absolute Gasteiger partial charge is 0.294 e. The highest BCUT2D eigenvalue weighted by Gasteiger charge is 2.36. The highest BCUT2D eigenvalue weighted by atomic mass is 32.2. The van der Waals surface area contributed by atoms with Gasteiger partial charge in [0.05, 0.1) is 4.91 Å². The number of carbonyl (C=O) groups is 3. The van der Waals surface area contributed by atoms with E-state index in [1.54, 1.807) is 6.08 Å². The van der Waals surface area contributed by atoms with Gasteiger partial charge in [-0.3, -0.25) is 19.3 Å². The first-order valence-corrected chi connectivity index (χ1v) is 11.5. The molecular formula is C26H24FN3O3S. The average molecular weight is 478 g/mol. The fraction of sp³-hybridized carbons (Fsp3) is 0.192. The maximum Gasteiger partial charge on any atom is 0.294 e. The van der Waals surface area contributed by atoms with Crippen LogP contribution in [0.3, 0.4) is 0 Å². The van der Waals surface area contributed by atoms with Crippen LogP contribution in [0.2, 0.25) is 0 Å². The largest absolute Gasteiger partial charge is 0.324 e. The zero-order valence-electron chi connectivity index (χ0n) is 19.3. The van der Waals surface area contributed by atoms with Crippen molar-refractivity contribution in [3.63, 3.8) is 0 Å². The molecule has 0 saturated carbocycles. The molecule has 1 aliphatic heterocycles. The van der Waals surface area contributed by atoms with Crippen LogP contribution in [0.5, 0.6) is 0 Å². The first-order chi connectivity index (χ1) is 16.1. The molecule has 34 heavy (non-hydrogen) atoms. The minimum absolute atomic E-state index is 0.254. The number of thioether (sulfide) groups is 1. The number of halogens is 1. The maximum absolute atomic E-state index is 13.3. The molecule has 1 fully saturated rings. The topological polar surface area (TPSA) is 71.4 Å². The number of hydrogen-bond donors (Lipinski definition) is 1. The molecule has 0 aliphatic carbocycles. The van der Waals surface area contributed by atoms with Crippen LogP contribution in [0.15, 0.2) is 53.4 Å². The predicted molar refractivity (Wildman–Crippen MR) is 132 cm³/mol. The van der Waals surface area contributed by atoms with Gasteiger partial charge in [0, 0.05) is 22.8 Å². The van der Waals surface area contributed by atoms with E-state index in [0.29, 0.717) is 0 Å². The lowest BCUT2D eigenvalue weighted by atomic mass is 10.1. The fourth-order valence-corrected chi connectivity index (χ4v) is 4.71. The molecule has 174 valence electrons. The highest BCUT2D eigenvalue weighted by molar-refractivity contribution is 8.18. The number of nitrogens with one attached hydrogen (secondary N) is 1. The lowest BCUT2D eigenvalue weighted by Crippen LogP contribution is -2.36. The van der Waals surface area contributed by atoms with Crippen LogP contribution >= 0.6 is 11.8 Å². The molecule has 6 nitrogen and oxygen atoms in total. The van der Waals surface area contributed by atoms with Gasteiger partial charge < -0.3 is 9.88 Å². The number of aromatic nitrogens is 1. The minimum atomic E-state index is -0.581. The summed E-state index contributed by atoms with van der Waals surface area (Å²) in [4.78, 5) is 38.8. The zero-order valence-corrected chi connectivity index (χ0v) is 20.1. The predicted octanol–water partition coefficient (Wildman–Crippen LogP) is 5.53. The van der Waals surface area contributed by atoms with E-state index in [0.717, 1.165) is 45.4 Å². The second-order valence-electron chi connectivity index (χ2n) is 8.26. The van der Waals surface area contributed by atoms with E-state index in [1.807, 2.05) is 19.9 Å². The Morgan fingerprint density at radius 1 is 1.03 bits per heavy atom. The molecule has 1 N–H and O–H groups in total. The molecule has 0 radical (unpaired) electrons. The van der Waals surface area contributed by atoms with E-state index >= 15 is 0 Å². The second-order valence-corrected chi connectivity index (χ2v) is 9.25. The Kier molecular flexibility index (Phi) is 6.43. The van der Waals surface area contributed by atoms with Gasteiger partial charge in [-0.1, -0.05) is 12.1 Å². The van der Waals surface area contributed by atoms with E-state index in [1.165, 1.54) is 29.3 Å². The Morgan fingerprint density at radius 2 is 1.79 bits per heavy atom. The van der Waals surface area contributed by atoms with Crippen LogP contribution < -0.4 is 5.32 Å². The number of benzene rings is 2. The van der Waals surface area contributed by atoms with Crippen molar-refractivity contribution in [3.05, 3.63) is 87.3 Å². The summed E-state index contributed by atoms with van der Waals surface area (Å²) in [6.45, 7) is 7.63. The number of imide groups is 1. The average Bonchev–Trinajstić information content (AvgIpc) is 3.19. The Bertz CT molecular complexity index is 1360. The van der Waals surface area contributed by atoms with Crippen molar-refractivity contribution in [2.24, 2.45) is 0 Å². The molecule has 2 aromatic carbocycles. The van der Waals surface area contributed by atoms with Gasteiger partial charge in [0.15, 0.2) is 0 Å². The summed E-state index contributed by atoms with van der Waals surface area (Å²) in [7, 11) is 0. The van der Waals surface area contributed by atoms with Crippen LogP contribution in [-0.2, 0) is 9.59 Å². The standard InChI is InChI=1S/C26H24FN3O3S/c1-15-8-9-22(10-16(15)2)30-17(3)11-19(18(30)4)12-23-25(32)29(26(33)34-23)14-24(31)28-21-7-5-6-20(27)13-21/h5-13H,14H2,1-4H3,(H,28,31)/b23-12+. The molecule has 1 aliphatic rings. The SMILES string of the molecule is Cc1ccc(-n2c(C)cc(/C=C3/SC(=O)N(CC(=O)Nc4cccc(F)c4)C3=O)c2C)cc1C. The third-order valence-corrected chi connectivity index (χ3v) is 6.70. The number of nitrogens with zero attached hydrogens (tertiary/aromatic N) is 2. The van der Waals surface area contributed by atoms with Gasteiger partial charge in [0.1, 0.15) is 12.4 Å². The number of aryl methyl sites for hydroxylation is 3. The van der Waals surface area contributed by atoms with E-state index in [4.69, 9.17) is 0 Å². The van der Waals surface area contributed by atoms with Gasteiger partial charge in [-0.25, -0.2) is 4.39 Å². The summed E-state index contributed by atoms with van der Waals surface area (Å²) in [6.07, 6.45) is 1.69. The number of hydrogen-bond acceptors (Lipinski definition) is 4. The van der Waals surface area contributed by atoms with Crippen molar-refractivity contribution in [3.8, 4) is 5.69 Å². The highest BCUT2D eigenvalue weighted by Crippen LogP contribution is 2.34. The number of rotatable bonds is 5. The molecule has 1 saturated heterocycles. The van der Waals surface area contributed by atoms with Crippen molar-refractivity contribution >= 4 is 40.6 Å². The first kappa shape index (κ1) is 23.5. The number of amides is 3. The third kappa shape index (κ3) is 4.68. The van der Waals surface area contributed by atoms with Crippen LogP contribution in [-0.4, -0.2) is 33.1 Å². The fourth-order valence-electron chi connectivity index (χ4n) is 3.88. The van der Waals surface area contributed by atoms with Gasteiger partial charge in [0.2, 0.25) is 5.91 Å². The van der Waals surface area contributed by atoms with Crippen LogP contribution in [0.4, 0.5) is 14.9 Å². The van der Waals surface area contributed by atoms with Gasteiger partial charge >= 0.3 is 0 Å². The summed E-state index contributed by atoms with van der Waals surface area (Å²) < 4.78 is 15.4. The Labute approximate surface area is 201 Å². The number of carbonyl (C=O) groups excluding carboxylic acids is 3. The van der Waals surface area contributed by atoms with Crippen molar-refractivity contribution in [1.82, 2.24) is 9.47 Å². The first-order valence-electron chi connectivity index (χ1n) is 10.7. The van der Waals surface area contributed by atoms with Gasteiger partial charge in [0.25, 0.3) is 11.1 Å². The number of anilines is 1. The Hall–Kier alpha value is -3.65. The molecular weight excluding hydrogens is 453 g/mol. The summed E-state index contributed by atoms with van der Waals surface area (Å²) in [5.41, 5.74) is 6.44. The van der Waals surface area contributed by atoms with Gasteiger partial charge in [-0.05, 0) is 98.6 Å². The summed E-state index contributed by atoms with van der Waals surface area (Å²) in [6, 6.07) is 13.6. The van der Waals surface area contributed by atoms with Crippen molar-refractivity contribution in [2.75, 3.05) is 11.9 Å². The molecule has 8 heteroatoms. The van der Waals surface area contributed by atoms with Crippen LogP contribution in [0.1, 0.15) is 28.1 Å². The van der Waals surface area contributed by atoms with Crippen LogP contribution in [0, 0.1) is 33.5 Å². The van der Waals surface area contributed by atoms with Gasteiger partial charge in [-0.2, -0.15) is 0 Å². The molecule has 3 aromatic rings. The quantitative estimate of drug-likeness (QED) is 0.491. The molecule has 0 atom stereocenters. The molecule has 3 amide bonds. The van der Waals surface area contributed by atoms with Crippen molar-refractivity contribution in [2.45, 2.75) is 27.7 Å². The summed E-state index contributed by atoms with van der Waals surface area (Å²) in [5.74, 6) is -1.60. The molecule has 0 spiro atoms. The minimum Gasteiger partial charge on any atom is -0.324 e. The normalized spacial score (nSPS) is 14.9. The molecule has 1 aromatic heterocycles. The van der Waals surface area contributed by atoms with E-state index in [2.05, 4.69) is 41.9 Å². The molecule has 0 unspecified atom stereocenters. The van der Waals surface area contributed by atoms with Gasteiger partial charge in [-0.15, -0.1) is 0 Å². The lowest BCUT2D eigenvalue weighted by Gasteiger charge is -2.12. The zero-order chi connectivity index (χ0) is 24.6. The van der Waals surface area contributed by atoms with E-state index in [-0.39, 0.29) is 10.6 Å². The van der Waals surface area contributed by atoms with E-state index in [9.17, 15) is 18.8 Å². The lowest BCUT2D eigenvalue weighted by molar-refractivity contribution is -0.127.